The van der Waals surface area contributed by atoms with E-state index < -0.39 is 0 Å². The molecule has 4 nitrogen and oxygen atoms in total. The van der Waals surface area contributed by atoms with Crippen molar-refractivity contribution < 1.29 is 0 Å². The van der Waals surface area contributed by atoms with Crippen LogP contribution in [-0.4, -0.2) is 22.7 Å². The first kappa shape index (κ1) is 9.56. The van der Waals surface area contributed by atoms with Gasteiger partial charge in [0.25, 0.3) is 0 Å². The predicted molar refractivity (Wildman–Crippen MR) is 53.8 cm³/mol. The van der Waals surface area contributed by atoms with E-state index in [-0.39, 0.29) is 5.41 Å². The zero-order valence-electron chi connectivity index (χ0n) is 7.86. The SMILES string of the molecule is N#CC1(Cc2csnn2)CCCNC1. The molecule has 1 fully saturated rings. The lowest BCUT2D eigenvalue weighted by Gasteiger charge is -2.30. The molecule has 0 amide bonds. The Morgan fingerprint density at radius 1 is 1.71 bits per heavy atom. The van der Waals surface area contributed by atoms with Gasteiger partial charge < -0.3 is 5.32 Å². The molecule has 0 spiro atoms. The summed E-state index contributed by atoms with van der Waals surface area (Å²) in [5, 5.41) is 18.4. The number of nitrogens with one attached hydrogen (secondary N) is 1. The summed E-state index contributed by atoms with van der Waals surface area (Å²) in [6, 6.07) is 2.43. The Kier molecular flexibility index (Phi) is 2.75. The number of piperidine rings is 1. The van der Waals surface area contributed by atoms with Gasteiger partial charge in [-0.15, -0.1) is 5.10 Å². The third-order valence-electron chi connectivity index (χ3n) is 2.63. The summed E-state index contributed by atoms with van der Waals surface area (Å²) >= 11 is 1.35. The summed E-state index contributed by atoms with van der Waals surface area (Å²) in [5.41, 5.74) is 0.689. The molecule has 1 aromatic heterocycles. The van der Waals surface area contributed by atoms with Crippen LogP contribution >= 0.6 is 11.5 Å². The average Bonchev–Trinajstić information content (AvgIpc) is 2.72. The van der Waals surface area contributed by atoms with E-state index in [9.17, 15) is 5.26 Å². The molecule has 2 heterocycles. The van der Waals surface area contributed by atoms with Gasteiger partial charge in [0.05, 0.1) is 17.2 Å². The Morgan fingerprint density at radius 2 is 2.64 bits per heavy atom. The third kappa shape index (κ3) is 1.91. The predicted octanol–water partition coefficient (Wildman–Crippen LogP) is 0.974. The molecule has 1 aromatic rings. The van der Waals surface area contributed by atoms with Gasteiger partial charge in [0.15, 0.2) is 0 Å². The van der Waals surface area contributed by atoms with Crippen molar-refractivity contribution in [2.75, 3.05) is 13.1 Å². The Bertz CT molecular complexity index is 321. The summed E-state index contributed by atoms with van der Waals surface area (Å²) in [5.74, 6) is 0. The van der Waals surface area contributed by atoms with E-state index in [1.54, 1.807) is 0 Å². The minimum atomic E-state index is -0.256. The van der Waals surface area contributed by atoms with Gasteiger partial charge in [0.2, 0.25) is 0 Å². The Labute approximate surface area is 87.1 Å². The van der Waals surface area contributed by atoms with Crippen molar-refractivity contribution in [1.29, 1.82) is 5.26 Å². The maximum atomic E-state index is 9.21. The van der Waals surface area contributed by atoms with Gasteiger partial charge in [-0.2, -0.15) is 5.26 Å². The second-order valence-electron chi connectivity index (χ2n) is 3.75. The standard InChI is InChI=1S/C9H12N4S/c10-6-9(2-1-3-11-7-9)4-8-5-14-13-12-8/h5,11H,1-4,7H2. The average molecular weight is 208 g/mol. The van der Waals surface area contributed by atoms with E-state index in [2.05, 4.69) is 21.0 Å². The number of hydrogen-bond donors (Lipinski definition) is 1. The normalized spacial score (nSPS) is 27.1. The van der Waals surface area contributed by atoms with Crippen molar-refractivity contribution >= 4 is 11.5 Å². The number of aromatic nitrogens is 2. The fourth-order valence-corrected chi connectivity index (χ4v) is 2.31. The van der Waals surface area contributed by atoms with Crippen LogP contribution in [0.25, 0.3) is 0 Å². The van der Waals surface area contributed by atoms with Gasteiger partial charge in [-0.05, 0) is 30.9 Å². The molecule has 1 aliphatic rings. The largest absolute Gasteiger partial charge is 0.315 e. The number of rotatable bonds is 2. The first-order valence-electron chi connectivity index (χ1n) is 4.73. The van der Waals surface area contributed by atoms with Crippen LogP contribution < -0.4 is 5.32 Å². The van der Waals surface area contributed by atoms with Gasteiger partial charge >= 0.3 is 0 Å². The second kappa shape index (κ2) is 4.03. The van der Waals surface area contributed by atoms with Crippen molar-refractivity contribution in [1.82, 2.24) is 14.9 Å². The Morgan fingerprint density at radius 3 is 3.21 bits per heavy atom. The zero-order valence-corrected chi connectivity index (χ0v) is 8.68. The maximum absolute atomic E-state index is 9.21. The number of nitrogens with zero attached hydrogens (tertiary/aromatic N) is 3. The smallest absolute Gasteiger partial charge is 0.0771 e. The first-order valence-corrected chi connectivity index (χ1v) is 5.56. The molecule has 1 unspecified atom stereocenters. The molecule has 2 rings (SSSR count). The molecule has 5 heteroatoms. The van der Waals surface area contributed by atoms with Crippen molar-refractivity contribution in [3.8, 4) is 6.07 Å². The first-order chi connectivity index (χ1) is 6.85. The van der Waals surface area contributed by atoms with Crippen molar-refractivity contribution in [2.24, 2.45) is 5.41 Å². The fraction of sp³-hybridized carbons (Fsp3) is 0.667. The van der Waals surface area contributed by atoms with Crippen LogP contribution in [-0.2, 0) is 6.42 Å². The number of hydrogen-bond acceptors (Lipinski definition) is 5. The van der Waals surface area contributed by atoms with Crippen LogP contribution in [0.3, 0.4) is 0 Å². The van der Waals surface area contributed by atoms with Gasteiger partial charge in [-0.3, -0.25) is 0 Å². The summed E-state index contributed by atoms with van der Waals surface area (Å²) in [6.07, 6.45) is 2.77. The summed E-state index contributed by atoms with van der Waals surface area (Å²) in [6.45, 7) is 1.81. The van der Waals surface area contributed by atoms with Crippen molar-refractivity contribution in [3.05, 3.63) is 11.1 Å². The zero-order chi connectivity index (χ0) is 9.86. The summed E-state index contributed by atoms with van der Waals surface area (Å²) < 4.78 is 3.81. The van der Waals surface area contributed by atoms with E-state index in [1.165, 1.54) is 11.5 Å². The van der Waals surface area contributed by atoms with Crippen LogP contribution in [0.1, 0.15) is 18.5 Å². The molecule has 1 aliphatic heterocycles. The van der Waals surface area contributed by atoms with Gasteiger partial charge in [0, 0.05) is 18.3 Å². The molecule has 1 atom stereocenters. The van der Waals surface area contributed by atoms with Crippen LogP contribution in [0.5, 0.6) is 0 Å². The third-order valence-corrected chi connectivity index (χ3v) is 3.19. The van der Waals surface area contributed by atoms with E-state index in [0.29, 0.717) is 0 Å². The summed E-state index contributed by atoms with van der Waals surface area (Å²) in [7, 11) is 0. The van der Waals surface area contributed by atoms with E-state index in [4.69, 9.17) is 0 Å². The van der Waals surface area contributed by atoms with Crippen molar-refractivity contribution in [3.63, 3.8) is 0 Å². The summed E-state index contributed by atoms with van der Waals surface area (Å²) in [4.78, 5) is 0. The van der Waals surface area contributed by atoms with Crippen LogP contribution in [0.4, 0.5) is 0 Å². The molecule has 14 heavy (non-hydrogen) atoms. The lowest BCUT2D eigenvalue weighted by atomic mass is 9.78. The monoisotopic (exact) mass is 208 g/mol. The van der Waals surface area contributed by atoms with E-state index in [1.807, 2.05) is 5.38 Å². The Hall–Kier alpha value is -0.990. The molecule has 1 N–H and O–H groups in total. The molecular weight excluding hydrogens is 196 g/mol. The van der Waals surface area contributed by atoms with E-state index >= 15 is 0 Å². The van der Waals surface area contributed by atoms with Crippen LogP contribution in [0.15, 0.2) is 5.38 Å². The second-order valence-corrected chi connectivity index (χ2v) is 4.36. The highest BCUT2D eigenvalue weighted by molar-refractivity contribution is 7.03. The topological polar surface area (TPSA) is 61.6 Å². The highest BCUT2D eigenvalue weighted by atomic mass is 32.1. The highest BCUT2D eigenvalue weighted by Crippen LogP contribution is 2.29. The highest BCUT2D eigenvalue weighted by Gasteiger charge is 2.32. The van der Waals surface area contributed by atoms with Gasteiger partial charge in [-0.25, -0.2) is 0 Å². The quantitative estimate of drug-likeness (QED) is 0.786. The Balaban J connectivity index is 2.09. The molecule has 1 saturated heterocycles. The molecule has 0 bridgehead atoms. The van der Waals surface area contributed by atoms with Gasteiger partial charge in [0.1, 0.15) is 0 Å². The fourth-order valence-electron chi connectivity index (χ4n) is 1.86. The van der Waals surface area contributed by atoms with Crippen LogP contribution in [0, 0.1) is 16.7 Å². The molecule has 0 aromatic carbocycles. The minimum Gasteiger partial charge on any atom is -0.315 e. The molecule has 0 aliphatic carbocycles. The lowest BCUT2D eigenvalue weighted by molar-refractivity contribution is 0.284. The van der Waals surface area contributed by atoms with Gasteiger partial charge in [-0.1, -0.05) is 4.49 Å². The maximum Gasteiger partial charge on any atom is 0.0771 e. The minimum absolute atomic E-state index is 0.256. The molecular formula is C9H12N4S. The molecule has 0 saturated carbocycles. The lowest BCUT2D eigenvalue weighted by Crippen LogP contribution is -2.40. The van der Waals surface area contributed by atoms with E-state index in [0.717, 1.165) is 38.0 Å². The van der Waals surface area contributed by atoms with Crippen molar-refractivity contribution in [2.45, 2.75) is 19.3 Å². The molecule has 74 valence electrons. The number of nitriles is 1. The van der Waals surface area contributed by atoms with Crippen LogP contribution in [0.2, 0.25) is 0 Å². The molecule has 0 radical (unpaired) electrons.